The molecule has 0 unspecified atom stereocenters. The number of hydrogen-bond acceptors (Lipinski definition) is 4. The van der Waals surface area contributed by atoms with Crippen LogP contribution in [0.15, 0.2) is 23.3 Å². The van der Waals surface area contributed by atoms with E-state index in [1.165, 1.54) is 9.75 Å². The van der Waals surface area contributed by atoms with Gasteiger partial charge in [0.25, 0.3) is 0 Å². The third-order valence-electron chi connectivity index (χ3n) is 3.18. The molecule has 0 aliphatic rings. The van der Waals surface area contributed by atoms with Gasteiger partial charge in [0.15, 0.2) is 5.96 Å². The molecule has 0 aliphatic heterocycles. The Morgan fingerprint density at radius 3 is 2.70 bits per heavy atom. The standard InChI is InChI=1S/C16H23ClN4S2/c1-3-12-11-21-15(23-12)8-10-20-16(18-4-2)19-9-7-13-5-6-14(17)22-13/h5-6,11H,3-4,7-10H2,1-2H3,(H2,18,19,20). The van der Waals surface area contributed by atoms with Crippen molar-refractivity contribution in [2.75, 3.05) is 19.6 Å². The molecule has 0 aromatic carbocycles. The van der Waals surface area contributed by atoms with Gasteiger partial charge in [0.05, 0.1) is 9.34 Å². The summed E-state index contributed by atoms with van der Waals surface area (Å²) < 4.78 is 0.843. The summed E-state index contributed by atoms with van der Waals surface area (Å²) in [5, 5.41) is 7.80. The number of aromatic nitrogens is 1. The highest BCUT2D eigenvalue weighted by Gasteiger charge is 2.02. The van der Waals surface area contributed by atoms with Gasteiger partial charge in [-0.1, -0.05) is 18.5 Å². The van der Waals surface area contributed by atoms with Crippen molar-refractivity contribution >= 4 is 40.2 Å². The molecule has 0 aliphatic carbocycles. The summed E-state index contributed by atoms with van der Waals surface area (Å²) >= 11 is 9.36. The highest BCUT2D eigenvalue weighted by atomic mass is 35.5. The maximum atomic E-state index is 5.95. The van der Waals surface area contributed by atoms with Crippen LogP contribution in [0.2, 0.25) is 4.34 Å². The summed E-state index contributed by atoms with van der Waals surface area (Å²) in [6.07, 6.45) is 4.87. The molecular weight excluding hydrogens is 348 g/mol. The molecule has 2 N–H and O–H groups in total. The summed E-state index contributed by atoms with van der Waals surface area (Å²) in [5.41, 5.74) is 0. The predicted octanol–water partition coefficient (Wildman–Crippen LogP) is 3.76. The molecule has 4 nitrogen and oxygen atoms in total. The molecule has 0 atom stereocenters. The lowest BCUT2D eigenvalue weighted by atomic mass is 10.3. The zero-order valence-electron chi connectivity index (χ0n) is 13.6. The van der Waals surface area contributed by atoms with E-state index < -0.39 is 0 Å². The zero-order valence-corrected chi connectivity index (χ0v) is 16.0. The molecule has 126 valence electrons. The second-order valence-electron chi connectivity index (χ2n) is 4.97. The smallest absolute Gasteiger partial charge is 0.191 e. The molecule has 0 saturated heterocycles. The summed E-state index contributed by atoms with van der Waals surface area (Å²) in [6.45, 7) is 6.68. The van der Waals surface area contributed by atoms with Crippen molar-refractivity contribution in [3.05, 3.63) is 37.4 Å². The van der Waals surface area contributed by atoms with Gasteiger partial charge in [-0.2, -0.15) is 0 Å². The topological polar surface area (TPSA) is 49.3 Å². The first kappa shape index (κ1) is 18.2. The average molecular weight is 371 g/mol. The van der Waals surface area contributed by atoms with Crippen LogP contribution in [0.25, 0.3) is 0 Å². The lowest BCUT2D eigenvalue weighted by molar-refractivity contribution is 0.801. The van der Waals surface area contributed by atoms with Gasteiger partial charge in [-0.25, -0.2) is 4.98 Å². The van der Waals surface area contributed by atoms with Crippen molar-refractivity contribution in [2.45, 2.75) is 33.1 Å². The Kier molecular flexibility index (Phi) is 7.85. The number of halogens is 1. The largest absolute Gasteiger partial charge is 0.357 e. The molecule has 0 amide bonds. The average Bonchev–Trinajstić information content (AvgIpc) is 3.16. The molecule has 23 heavy (non-hydrogen) atoms. The number of nitrogens with zero attached hydrogens (tertiary/aromatic N) is 2. The molecule has 7 heteroatoms. The Labute approximate surface area is 151 Å². The number of nitrogens with one attached hydrogen (secondary N) is 2. The number of rotatable bonds is 8. The van der Waals surface area contributed by atoms with E-state index in [0.29, 0.717) is 0 Å². The minimum absolute atomic E-state index is 0.747. The predicted molar refractivity (Wildman–Crippen MR) is 102 cm³/mol. The molecule has 0 bridgehead atoms. The van der Waals surface area contributed by atoms with Gasteiger partial charge >= 0.3 is 0 Å². The second-order valence-corrected chi connectivity index (χ2v) is 7.97. The van der Waals surface area contributed by atoms with Crippen LogP contribution in [0.4, 0.5) is 0 Å². The van der Waals surface area contributed by atoms with Gasteiger partial charge < -0.3 is 10.6 Å². The van der Waals surface area contributed by atoms with Crippen molar-refractivity contribution in [3.8, 4) is 0 Å². The third-order valence-corrected chi connectivity index (χ3v) is 5.67. The van der Waals surface area contributed by atoms with Crippen LogP contribution < -0.4 is 10.6 Å². The quantitative estimate of drug-likeness (QED) is 0.549. The Morgan fingerprint density at radius 1 is 1.17 bits per heavy atom. The Morgan fingerprint density at radius 2 is 2.04 bits per heavy atom. The third kappa shape index (κ3) is 6.49. The van der Waals surface area contributed by atoms with Crippen LogP contribution in [0.1, 0.15) is 28.6 Å². The summed E-state index contributed by atoms with van der Waals surface area (Å²) in [6, 6.07) is 4.02. The summed E-state index contributed by atoms with van der Waals surface area (Å²) in [5.74, 6) is 0.863. The van der Waals surface area contributed by atoms with E-state index in [9.17, 15) is 0 Å². The molecule has 2 rings (SSSR count). The fourth-order valence-corrected chi connectivity index (χ4v) is 3.96. The molecular formula is C16H23ClN4S2. The summed E-state index contributed by atoms with van der Waals surface area (Å²) in [7, 11) is 0. The molecule has 2 aromatic heterocycles. The van der Waals surface area contributed by atoms with Gasteiger partial charge in [0.1, 0.15) is 0 Å². The highest BCUT2D eigenvalue weighted by Crippen LogP contribution is 2.21. The molecule has 0 spiro atoms. The Bertz CT molecular complexity index is 621. The normalized spacial score (nSPS) is 11.7. The van der Waals surface area contributed by atoms with E-state index in [-0.39, 0.29) is 0 Å². The fraction of sp³-hybridized carbons (Fsp3) is 0.500. The monoisotopic (exact) mass is 370 g/mol. The van der Waals surface area contributed by atoms with Crippen molar-refractivity contribution < 1.29 is 0 Å². The van der Waals surface area contributed by atoms with E-state index in [1.807, 2.05) is 12.3 Å². The fourth-order valence-electron chi connectivity index (χ4n) is 2.02. The van der Waals surface area contributed by atoms with Crippen LogP contribution in [0.3, 0.4) is 0 Å². The number of thiazole rings is 1. The van der Waals surface area contributed by atoms with E-state index in [4.69, 9.17) is 11.6 Å². The van der Waals surface area contributed by atoms with Crippen LogP contribution >= 0.6 is 34.3 Å². The first-order chi connectivity index (χ1) is 11.2. The maximum absolute atomic E-state index is 5.95. The van der Waals surface area contributed by atoms with Crippen LogP contribution in [-0.4, -0.2) is 30.6 Å². The number of thiophene rings is 1. The number of aryl methyl sites for hydroxylation is 1. The van der Waals surface area contributed by atoms with E-state index >= 15 is 0 Å². The Hall–Kier alpha value is -1.11. The van der Waals surface area contributed by atoms with Crippen LogP contribution in [0.5, 0.6) is 0 Å². The van der Waals surface area contributed by atoms with Crippen LogP contribution in [0, 0.1) is 0 Å². The van der Waals surface area contributed by atoms with E-state index in [1.54, 1.807) is 22.7 Å². The van der Waals surface area contributed by atoms with Gasteiger partial charge in [-0.15, -0.1) is 22.7 Å². The summed E-state index contributed by atoms with van der Waals surface area (Å²) in [4.78, 5) is 11.7. The zero-order chi connectivity index (χ0) is 16.5. The van der Waals surface area contributed by atoms with Gasteiger partial charge in [-0.3, -0.25) is 4.99 Å². The molecule has 0 fully saturated rings. The number of aliphatic imine (C=N–C) groups is 1. The lowest BCUT2D eigenvalue weighted by Crippen LogP contribution is -2.38. The maximum Gasteiger partial charge on any atom is 0.191 e. The van der Waals surface area contributed by atoms with Gasteiger partial charge in [-0.05, 0) is 31.9 Å². The van der Waals surface area contributed by atoms with E-state index in [2.05, 4.69) is 40.5 Å². The van der Waals surface area contributed by atoms with Crippen molar-refractivity contribution in [1.29, 1.82) is 0 Å². The molecule has 0 radical (unpaired) electrons. The number of hydrogen-bond donors (Lipinski definition) is 2. The highest BCUT2D eigenvalue weighted by molar-refractivity contribution is 7.16. The second kappa shape index (κ2) is 9.90. The van der Waals surface area contributed by atoms with E-state index in [0.717, 1.165) is 54.2 Å². The molecule has 2 heterocycles. The molecule has 0 saturated carbocycles. The Balaban J connectivity index is 1.77. The first-order valence-electron chi connectivity index (χ1n) is 7.91. The van der Waals surface area contributed by atoms with Crippen molar-refractivity contribution in [3.63, 3.8) is 0 Å². The van der Waals surface area contributed by atoms with Crippen molar-refractivity contribution in [2.24, 2.45) is 4.99 Å². The van der Waals surface area contributed by atoms with Crippen molar-refractivity contribution in [1.82, 2.24) is 15.6 Å². The van der Waals surface area contributed by atoms with Gasteiger partial charge in [0, 0.05) is 42.0 Å². The molecule has 2 aromatic rings. The number of guanidine groups is 1. The lowest BCUT2D eigenvalue weighted by Gasteiger charge is -2.10. The van der Waals surface area contributed by atoms with Gasteiger partial charge in [0.2, 0.25) is 0 Å². The minimum atomic E-state index is 0.747. The first-order valence-corrected chi connectivity index (χ1v) is 9.92. The van der Waals surface area contributed by atoms with Crippen LogP contribution in [-0.2, 0) is 19.3 Å². The SMILES string of the molecule is CCNC(=NCCc1ncc(CC)s1)NCCc1ccc(Cl)s1. The minimum Gasteiger partial charge on any atom is -0.357 e.